The molecule has 0 fully saturated rings. The number of benzene rings is 2. The highest BCUT2D eigenvalue weighted by molar-refractivity contribution is 5.85. The van der Waals surface area contributed by atoms with E-state index in [-0.39, 0.29) is 10.6 Å². The zero-order valence-corrected chi connectivity index (χ0v) is 7.84. The second-order valence-electron chi connectivity index (χ2n) is 3.03. The highest BCUT2D eigenvalue weighted by Gasteiger charge is 2.02. The molecule has 0 saturated carbocycles. The fourth-order valence-corrected chi connectivity index (χ4v) is 1.46. The van der Waals surface area contributed by atoms with E-state index in [9.17, 15) is 4.91 Å². The predicted octanol–water partition coefficient (Wildman–Crippen LogP) is 2.95. The molecule has 2 aromatic rings. The van der Waals surface area contributed by atoms with E-state index in [2.05, 4.69) is 5.29 Å². The molecule has 15 heavy (non-hydrogen) atoms. The lowest BCUT2D eigenvalue weighted by Crippen LogP contribution is -2.09. The van der Waals surface area contributed by atoms with Gasteiger partial charge in [0.25, 0.3) is 0 Å². The van der Waals surface area contributed by atoms with Gasteiger partial charge in [0.1, 0.15) is 0 Å². The van der Waals surface area contributed by atoms with E-state index in [0.717, 1.165) is 5.39 Å². The third-order valence-corrected chi connectivity index (χ3v) is 2.10. The smallest absolute Gasteiger partial charge is 0.0645 e. The van der Waals surface area contributed by atoms with Gasteiger partial charge in [0.05, 0.1) is 14.5 Å². The van der Waals surface area contributed by atoms with Crippen LogP contribution in [0.15, 0.2) is 47.8 Å². The third kappa shape index (κ3) is 1.96. The lowest BCUT2D eigenvalue weighted by molar-refractivity contribution is 0.343. The molecule has 0 saturated heterocycles. The minimum absolute atomic E-state index is 0.0260. The van der Waals surface area contributed by atoms with Gasteiger partial charge in [0.2, 0.25) is 0 Å². The summed E-state index contributed by atoms with van der Waals surface area (Å²) in [6.07, 6.45) is 0. The minimum Gasteiger partial charge on any atom is -0.260 e. The van der Waals surface area contributed by atoms with Crippen LogP contribution in [0.1, 0.15) is 12.4 Å². The van der Waals surface area contributed by atoms with Gasteiger partial charge in [-0.15, -0.1) is 4.91 Å². The third-order valence-electron chi connectivity index (χ3n) is 2.10. The molecule has 0 unspecified atom stereocenters. The van der Waals surface area contributed by atoms with Crippen LogP contribution in [0.25, 0.3) is 10.8 Å². The number of nitroso groups, excluding NO2 is 1. The first-order valence-corrected chi connectivity index (χ1v) is 4.40. The standard InChI is InChI=1S/C12H12N2O/c1-14(13-15)9-11-7-4-6-10-5-2-3-8-12(10)11/h2-8H,9H2,1H3/i1D3,9D2. The Balaban J connectivity index is 2.65. The van der Waals surface area contributed by atoms with Crippen LogP contribution in [0.2, 0.25) is 0 Å². The van der Waals surface area contributed by atoms with Crippen LogP contribution in [0.4, 0.5) is 0 Å². The van der Waals surface area contributed by atoms with E-state index in [1.54, 1.807) is 36.4 Å². The summed E-state index contributed by atoms with van der Waals surface area (Å²) in [7, 11) is 0. The molecule has 0 heterocycles. The van der Waals surface area contributed by atoms with Crippen molar-refractivity contribution in [3.63, 3.8) is 0 Å². The summed E-state index contributed by atoms with van der Waals surface area (Å²) < 4.78 is 37.7. The number of rotatable bonds is 3. The molecule has 0 aliphatic heterocycles. The maximum atomic E-state index is 10.8. The van der Waals surface area contributed by atoms with Gasteiger partial charge >= 0.3 is 0 Å². The maximum Gasteiger partial charge on any atom is 0.0645 e. The van der Waals surface area contributed by atoms with E-state index < -0.39 is 13.5 Å². The molecule has 3 heteroatoms. The first-order chi connectivity index (χ1) is 9.28. The molecule has 2 aromatic carbocycles. The Morgan fingerprint density at radius 2 is 2.13 bits per heavy atom. The maximum absolute atomic E-state index is 10.8. The van der Waals surface area contributed by atoms with Gasteiger partial charge in [-0.2, -0.15) is 0 Å². The molecule has 0 aliphatic carbocycles. The SMILES string of the molecule is [2H]C([2H])([2H])N(N=O)C([2H])([2H])c1cccc2ccccc12. The molecule has 0 spiro atoms. The van der Waals surface area contributed by atoms with E-state index in [0.29, 0.717) is 5.39 Å². The van der Waals surface area contributed by atoms with Crippen LogP contribution in [-0.4, -0.2) is 12.0 Å². The average molecular weight is 205 g/mol. The Kier molecular flexibility index (Phi) is 1.43. The molecule has 3 nitrogen and oxygen atoms in total. The zero-order valence-electron chi connectivity index (χ0n) is 12.8. The minimum atomic E-state index is -2.96. The first-order valence-electron chi connectivity index (χ1n) is 6.90. The van der Waals surface area contributed by atoms with E-state index in [4.69, 9.17) is 6.85 Å². The number of fused-ring (bicyclic) bond motifs is 1. The Hall–Kier alpha value is -1.90. The van der Waals surface area contributed by atoms with Gasteiger partial charge in [-0.25, -0.2) is 0 Å². The number of hydrogen-bond donors (Lipinski definition) is 0. The van der Waals surface area contributed by atoms with Crippen molar-refractivity contribution < 1.29 is 6.85 Å². The summed E-state index contributed by atoms with van der Waals surface area (Å²) in [4.78, 5) is 10.8. The number of nitrogens with zero attached hydrogens (tertiary/aromatic N) is 2. The van der Waals surface area contributed by atoms with Gasteiger partial charge in [-0.05, 0) is 16.3 Å². The van der Waals surface area contributed by atoms with E-state index >= 15 is 0 Å². The van der Waals surface area contributed by atoms with Crippen molar-refractivity contribution in [2.45, 2.75) is 6.50 Å². The van der Waals surface area contributed by atoms with Gasteiger partial charge in [-0.1, -0.05) is 42.5 Å². The van der Waals surface area contributed by atoms with Crippen molar-refractivity contribution in [3.8, 4) is 0 Å². The van der Waals surface area contributed by atoms with Crippen LogP contribution in [-0.2, 0) is 6.50 Å². The quantitative estimate of drug-likeness (QED) is 0.570. The van der Waals surface area contributed by atoms with Crippen molar-refractivity contribution >= 4 is 10.8 Å². The van der Waals surface area contributed by atoms with Crippen LogP contribution < -0.4 is 0 Å². The average Bonchev–Trinajstić information content (AvgIpc) is 2.36. The highest BCUT2D eigenvalue weighted by Crippen LogP contribution is 2.19. The molecule has 0 atom stereocenters. The fraction of sp³-hybridized carbons (Fsp3) is 0.167. The van der Waals surface area contributed by atoms with Crippen molar-refractivity contribution in [3.05, 3.63) is 52.9 Å². The van der Waals surface area contributed by atoms with E-state index in [1.165, 1.54) is 6.07 Å². The molecule has 0 aromatic heterocycles. The van der Waals surface area contributed by atoms with Crippen LogP contribution in [0.3, 0.4) is 0 Å². The van der Waals surface area contributed by atoms with Crippen LogP contribution in [0.5, 0.6) is 0 Å². The van der Waals surface area contributed by atoms with E-state index in [1.807, 2.05) is 0 Å². The topological polar surface area (TPSA) is 32.7 Å². The fourth-order valence-electron chi connectivity index (χ4n) is 1.46. The first kappa shape index (κ1) is 5.26. The lowest BCUT2D eigenvalue weighted by Gasteiger charge is -2.10. The van der Waals surface area contributed by atoms with Crippen LogP contribution >= 0.6 is 0 Å². The normalized spacial score (nSPS) is 16.9. The van der Waals surface area contributed by atoms with Crippen molar-refractivity contribution in [2.24, 2.45) is 5.29 Å². The lowest BCUT2D eigenvalue weighted by atomic mass is 10.0. The van der Waals surface area contributed by atoms with Gasteiger partial charge in [0.15, 0.2) is 0 Å². The Bertz CT molecular complexity index is 636. The molecular weight excluding hydrogens is 188 g/mol. The summed E-state index contributed by atoms with van der Waals surface area (Å²) in [6.45, 7) is -5.49. The Morgan fingerprint density at radius 1 is 1.33 bits per heavy atom. The second kappa shape index (κ2) is 4.09. The summed E-state index contributed by atoms with van der Waals surface area (Å²) in [5.41, 5.74) is 0.0892. The summed E-state index contributed by atoms with van der Waals surface area (Å²) in [5.74, 6) is 0. The second-order valence-corrected chi connectivity index (χ2v) is 3.03. The van der Waals surface area contributed by atoms with Crippen molar-refractivity contribution in [1.82, 2.24) is 5.01 Å². The number of hydrogen-bond acceptors (Lipinski definition) is 2. The molecular formula is C12H12N2O. The molecule has 76 valence electrons. The van der Waals surface area contributed by atoms with Gasteiger partial charge in [-0.3, -0.25) is 5.01 Å². The monoisotopic (exact) mass is 205 g/mol. The summed E-state index contributed by atoms with van der Waals surface area (Å²) in [6, 6.07) is 11.8. The Labute approximate surface area is 95.3 Å². The largest absolute Gasteiger partial charge is 0.260 e. The van der Waals surface area contributed by atoms with Crippen LogP contribution in [0, 0.1) is 4.91 Å². The highest BCUT2D eigenvalue weighted by atomic mass is 16.3. The van der Waals surface area contributed by atoms with Gasteiger partial charge in [0, 0.05) is 11.1 Å². The molecule has 0 aliphatic rings. The predicted molar refractivity (Wildman–Crippen MR) is 61.2 cm³/mol. The molecule has 0 bridgehead atoms. The molecule has 0 amide bonds. The summed E-state index contributed by atoms with van der Waals surface area (Å²) in [5, 5.41) is 3.63. The van der Waals surface area contributed by atoms with Crippen molar-refractivity contribution in [2.75, 3.05) is 6.98 Å². The zero-order chi connectivity index (χ0) is 15.0. The van der Waals surface area contributed by atoms with Gasteiger partial charge < -0.3 is 0 Å². The van der Waals surface area contributed by atoms with Crippen molar-refractivity contribution in [1.29, 1.82) is 0 Å². The Morgan fingerprint density at radius 3 is 2.93 bits per heavy atom. The summed E-state index contributed by atoms with van der Waals surface area (Å²) >= 11 is 0. The molecule has 2 rings (SSSR count). The molecule has 0 radical (unpaired) electrons. The molecule has 0 N–H and O–H groups in total.